The minimum atomic E-state index is 0.637. The molecule has 0 saturated carbocycles. The van der Waals surface area contributed by atoms with Gasteiger partial charge in [-0.25, -0.2) is 0 Å². The summed E-state index contributed by atoms with van der Waals surface area (Å²) in [5.41, 5.74) is 6.75. The first kappa shape index (κ1) is 15.0. The lowest BCUT2D eigenvalue weighted by Gasteiger charge is -2.09. The first-order valence-electron chi connectivity index (χ1n) is 7.49. The minimum absolute atomic E-state index is 0.637. The Labute approximate surface area is 135 Å². The van der Waals surface area contributed by atoms with E-state index in [0.717, 1.165) is 33.6 Å². The Balaban J connectivity index is 1.89. The van der Waals surface area contributed by atoms with E-state index in [2.05, 4.69) is 20.5 Å². The van der Waals surface area contributed by atoms with E-state index in [-0.39, 0.29) is 0 Å². The van der Waals surface area contributed by atoms with Gasteiger partial charge in [0, 0.05) is 35.1 Å². The fourth-order valence-electron chi connectivity index (χ4n) is 2.32. The molecule has 5 nitrogen and oxygen atoms in total. The molecule has 0 aliphatic heterocycles. The summed E-state index contributed by atoms with van der Waals surface area (Å²) in [5, 5.41) is 5.29. The van der Waals surface area contributed by atoms with Gasteiger partial charge in [-0.15, -0.1) is 0 Å². The van der Waals surface area contributed by atoms with Gasteiger partial charge in [0.1, 0.15) is 5.75 Å². The van der Waals surface area contributed by atoms with Crippen molar-refractivity contribution in [1.82, 2.24) is 9.97 Å². The van der Waals surface area contributed by atoms with Crippen LogP contribution in [0.1, 0.15) is 18.2 Å². The standard InChI is InChI=1S/C18H18N4O/c1-3-23-15-6-7-16-17(10-15)21-13(2)9-18(16)22-20-12-14-5-4-8-19-11-14/h4-12H,3H2,1-2H3,(H,21,22)/b20-12+. The van der Waals surface area contributed by atoms with Crippen molar-refractivity contribution in [3.8, 4) is 5.75 Å². The van der Waals surface area contributed by atoms with Crippen molar-refractivity contribution < 1.29 is 4.74 Å². The van der Waals surface area contributed by atoms with Crippen LogP contribution in [0.4, 0.5) is 5.69 Å². The fourth-order valence-corrected chi connectivity index (χ4v) is 2.32. The van der Waals surface area contributed by atoms with Crippen LogP contribution in [-0.4, -0.2) is 22.8 Å². The zero-order chi connectivity index (χ0) is 16.1. The Morgan fingerprint density at radius 1 is 1.26 bits per heavy atom. The zero-order valence-corrected chi connectivity index (χ0v) is 13.2. The van der Waals surface area contributed by atoms with E-state index < -0.39 is 0 Å². The monoisotopic (exact) mass is 306 g/mol. The Hall–Kier alpha value is -2.95. The fraction of sp³-hybridized carbons (Fsp3) is 0.167. The van der Waals surface area contributed by atoms with Crippen LogP contribution in [0, 0.1) is 6.92 Å². The lowest BCUT2D eigenvalue weighted by Crippen LogP contribution is -1.96. The topological polar surface area (TPSA) is 59.4 Å². The van der Waals surface area contributed by atoms with Gasteiger partial charge in [0.2, 0.25) is 0 Å². The molecular formula is C18H18N4O. The highest BCUT2D eigenvalue weighted by atomic mass is 16.5. The minimum Gasteiger partial charge on any atom is -0.494 e. The largest absolute Gasteiger partial charge is 0.494 e. The molecule has 0 atom stereocenters. The van der Waals surface area contributed by atoms with E-state index in [1.807, 2.05) is 50.2 Å². The zero-order valence-electron chi connectivity index (χ0n) is 13.2. The van der Waals surface area contributed by atoms with Gasteiger partial charge in [0.05, 0.1) is 24.0 Å². The molecule has 2 aromatic heterocycles. The van der Waals surface area contributed by atoms with E-state index in [9.17, 15) is 0 Å². The van der Waals surface area contributed by atoms with Gasteiger partial charge in [-0.05, 0) is 38.1 Å². The smallest absolute Gasteiger partial charge is 0.121 e. The molecule has 0 saturated heterocycles. The third kappa shape index (κ3) is 3.63. The molecule has 116 valence electrons. The van der Waals surface area contributed by atoms with Gasteiger partial charge < -0.3 is 4.74 Å². The van der Waals surface area contributed by atoms with E-state index in [1.54, 1.807) is 18.6 Å². The summed E-state index contributed by atoms with van der Waals surface area (Å²) < 4.78 is 5.54. The van der Waals surface area contributed by atoms with Gasteiger partial charge in [-0.3, -0.25) is 15.4 Å². The van der Waals surface area contributed by atoms with Crippen molar-refractivity contribution in [3.63, 3.8) is 0 Å². The number of hydrogen-bond acceptors (Lipinski definition) is 5. The van der Waals surface area contributed by atoms with Crippen LogP contribution >= 0.6 is 0 Å². The van der Waals surface area contributed by atoms with Crippen LogP contribution in [0.25, 0.3) is 10.9 Å². The normalized spacial score (nSPS) is 11.0. The van der Waals surface area contributed by atoms with E-state index in [1.165, 1.54) is 0 Å². The summed E-state index contributed by atoms with van der Waals surface area (Å²) in [6.45, 7) is 4.56. The molecule has 0 aliphatic carbocycles. The van der Waals surface area contributed by atoms with Crippen LogP contribution in [0.15, 0.2) is 53.9 Å². The van der Waals surface area contributed by atoms with Crippen LogP contribution in [-0.2, 0) is 0 Å². The van der Waals surface area contributed by atoms with Crippen molar-refractivity contribution in [2.75, 3.05) is 12.0 Å². The lowest BCUT2D eigenvalue weighted by molar-refractivity contribution is 0.340. The van der Waals surface area contributed by atoms with Crippen molar-refractivity contribution >= 4 is 22.8 Å². The molecule has 0 fully saturated rings. The van der Waals surface area contributed by atoms with Gasteiger partial charge in [0.15, 0.2) is 0 Å². The number of aromatic nitrogens is 2. The second-order valence-corrected chi connectivity index (χ2v) is 5.08. The highest BCUT2D eigenvalue weighted by Crippen LogP contribution is 2.26. The number of ether oxygens (including phenoxy) is 1. The number of nitrogens with zero attached hydrogens (tertiary/aromatic N) is 3. The lowest BCUT2D eigenvalue weighted by atomic mass is 10.1. The van der Waals surface area contributed by atoms with E-state index >= 15 is 0 Å². The molecule has 0 unspecified atom stereocenters. The number of rotatable bonds is 5. The third-order valence-corrected chi connectivity index (χ3v) is 3.30. The molecule has 0 amide bonds. The van der Waals surface area contributed by atoms with Crippen molar-refractivity contribution in [2.24, 2.45) is 5.10 Å². The van der Waals surface area contributed by atoms with Crippen molar-refractivity contribution in [1.29, 1.82) is 0 Å². The number of pyridine rings is 2. The van der Waals surface area contributed by atoms with Crippen LogP contribution in [0.3, 0.4) is 0 Å². The average molecular weight is 306 g/mol. The molecule has 0 spiro atoms. The van der Waals surface area contributed by atoms with Gasteiger partial charge >= 0.3 is 0 Å². The molecule has 0 bridgehead atoms. The summed E-state index contributed by atoms with van der Waals surface area (Å²) in [6.07, 6.45) is 5.24. The number of hydrogen-bond donors (Lipinski definition) is 1. The Morgan fingerprint density at radius 3 is 2.96 bits per heavy atom. The SMILES string of the molecule is CCOc1ccc2c(N/N=C/c3cccnc3)cc(C)nc2c1. The molecule has 3 aromatic rings. The highest BCUT2D eigenvalue weighted by molar-refractivity contribution is 5.92. The maximum atomic E-state index is 5.54. The van der Waals surface area contributed by atoms with E-state index in [4.69, 9.17) is 4.74 Å². The van der Waals surface area contributed by atoms with Crippen LogP contribution in [0.5, 0.6) is 5.75 Å². The number of fused-ring (bicyclic) bond motifs is 1. The number of anilines is 1. The summed E-state index contributed by atoms with van der Waals surface area (Å²) in [4.78, 5) is 8.62. The predicted octanol–water partition coefficient (Wildman–Crippen LogP) is 3.78. The summed E-state index contributed by atoms with van der Waals surface area (Å²) >= 11 is 0. The first-order valence-corrected chi connectivity index (χ1v) is 7.49. The molecule has 23 heavy (non-hydrogen) atoms. The van der Waals surface area contributed by atoms with Crippen LogP contribution in [0.2, 0.25) is 0 Å². The third-order valence-electron chi connectivity index (χ3n) is 3.30. The molecule has 1 aromatic carbocycles. The Bertz CT molecular complexity index is 831. The van der Waals surface area contributed by atoms with Gasteiger partial charge in [0.25, 0.3) is 0 Å². The summed E-state index contributed by atoms with van der Waals surface area (Å²) in [6, 6.07) is 11.7. The Morgan fingerprint density at radius 2 is 2.17 bits per heavy atom. The summed E-state index contributed by atoms with van der Waals surface area (Å²) in [5.74, 6) is 0.822. The maximum Gasteiger partial charge on any atom is 0.121 e. The maximum absolute atomic E-state index is 5.54. The second-order valence-electron chi connectivity index (χ2n) is 5.08. The number of aryl methyl sites for hydroxylation is 1. The average Bonchev–Trinajstić information content (AvgIpc) is 2.55. The number of hydrazone groups is 1. The molecule has 5 heteroatoms. The molecule has 0 aliphatic rings. The second kappa shape index (κ2) is 6.87. The van der Waals surface area contributed by atoms with Gasteiger partial charge in [-0.1, -0.05) is 6.07 Å². The van der Waals surface area contributed by atoms with Crippen molar-refractivity contribution in [2.45, 2.75) is 13.8 Å². The molecule has 0 radical (unpaired) electrons. The predicted molar refractivity (Wildman–Crippen MR) is 93.1 cm³/mol. The highest BCUT2D eigenvalue weighted by Gasteiger charge is 2.05. The van der Waals surface area contributed by atoms with Crippen molar-refractivity contribution in [3.05, 3.63) is 60.0 Å². The molecule has 2 heterocycles. The molecular weight excluding hydrogens is 288 g/mol. The molecule has 3 rings (SSSR count). The Kier molecular flexibility index (Phi) is 4.47. The van der Waals surface area contributed by atoms with Gasteiger partial charge in [-0.2, -0.15) is 5.10 Å². The van der Waals surface area contributed by atoms with E-state index in [0.29, 0.717) is 6.61 Å². The molecule has 1 N–H and O–H groups in total. The summed E-state index contributed by atoms with van der Waals surface area (Å²) in [7, 11) is 0. The quantitative estimate of drug-likeness (QED) is 0.575. The number of benzene rings is 1. The first-order chi connectivity index (χ1) is 11.3. The van der Waals surface area contributed by atoms with Crippen LogP contribution < -0.4 is 10.2 Å². The number of nitrogens with one attached hydrogen (secondary N) is 1.